The van der Waals surface area contributed by atoms with Crippen LogP contribution >= 0.6 is 0 Å². The molecule has 0 saturated carbocycles. The van der Waals surface area contributed by atoms with Crippen molar-refractivity contribution in [3.05, 3.63) is 71.8 Å². The normalized spacial score (nSPS) is 12.2. The summed E-state index contributed by atoms with van der Waals surface area (Å²) in [6, 6.07) is 16.2. The Morgan fingerprint density at radius 3 is 2.16 bits per heavy atom. The maximum absolute atomic E-state index is 12.3. The molecule has 1 aromatic carbocycles. The first kappa shape index (κ1) is 23.9. The van der Waals surface area contributed by atoms with Crippen molar-refractivity contribution in [2.45, 2.75) is 48.8 Å². The Kier molecular flexibility index (Phi) is 7.02. The van der Waals surface area contributed by atoms with Crippen molar-refractivity contribution in [3.63, 3.8) is 0 Å². The van der Waals surface area contributed by atoms with Gasteiger partial charge in [0.25, 0.3) is 20.1 Å². The van der Waals surface area contributed by atoms with Crippen LogP contribution in [0.2, 0.25) is 0 Å². The molecule has 32 heavy (non-hydrogen) atoms. The van der Waals surface area contributed by atoms with Gasteiger partial charge in [0.2, 0.25) is 5.91 Å². The summed E-state index contributed by atoms with van der Waals surface area (Å²) in [4.78, 5) is 12.0. The van der Waals surface area contributed by atoms with E-state index in [1.54, 1.807) is 24.3 Å². The molecular formula is C23H25NO6S2. The fraction of sp³-hybridized carbons (Fsp3) is 0.261. The number of nitrogens with one attached hydrogen (secondary N) is 1. The molecule has 0 fully saturated rings. The van der Waals surface area contributed by atoms with E-state index in [0.717, 1.165) is 5.56 Å². The van der Waals surface area contributed by atoms with Gasteiger partial charge in [-0.05, 0) is 53.6 Å². The highest BCUT2D eigenvalue weighted by molar-refractivity contribution is 7.90. The first-order valence-electron chi connectivity index (χ1n) is 10.1. The minimum absolute atomic E-state index is 0.00151. The van der Waals surface area contributed by atoms with Gasteiger partial charge in [-0.2, -0.15) is 8.42 Å². The third-order valence-electron chi connectivity index (χ3n) is 5.19. The molecule has 1 aromatic rings. The van der Waals surface area contributed by atoms with E-state index in [0.29, 0.717) is 29.5 Å². The van der Waals surface area contributed by atoms with Crippen LogP contribution in [0.5, 0.6) is 0 Å². The summed E-state index contributed by atoms with van der Waals surface area (Å²) in [7, 11) is -8.36. The molecule has 2 aliphatic carbocycles. The molecule has 9 heteroatoms. The Labute approximate surface area is 188 Å². The largest absolute Gasteiger partial charge is 0.295 e. The van der Waals surface area contributed by atoms with E-state index in [9.17, 15) is 26.2 Å². The number of rotatable bonds is 8. The van der Waals surface area contributed by atoms with Gasteiger partial charge in [0.1, 0.15) is 4.90 Å². The van der Waals surface area contributed by atoms with Crippen LogP contribution in [0, 0.1) is 0 Å². The molecule has 1 amide bonds. The van der Waals surface area contributed by atoms with Crippen LogP contribution in [0.15, 0.2) is 70.5 Å². The minimum Gasteiger partial charge on any atom is -0.282 e. The van der Waals surface area contributed by atoms with E-state index in [2.05, 4.69) is 0 Å². The summed E-state index contributed by atoms with van der Waals surface area (Å²) >= 11 is 0. The molecule has 0 aliphatic heterocycles. The molecule has 0 radical (unpaired) electrons. The Balaban J connectivity index is 1.77. The van der Waals surface area contributed by atoms with Crippen molar-refractivity contribution >= 4 is 26.0 Å². The Hall–Kier alpha value is -2.75. The van der Waals surface area contributed by atoms with E-state index in [1.165, 1.54) is 18.2 Å². The highest BCUT2D eigenvalue weighted by Gasteiger charge is 2.23. The third kappa shape index (κ3) is 5.53. The van der Waals surface area contributed by atoms with Crippen LogP contribution in [0.1, 0.15) is 43.7 Å². The number of amides is 1. The first-order valence-corrected chi connectivity index (χ1v) is 13.0. The number of sulfonamides is 1. The summed E-state index contributed by atoms with van der Waals surface area (Å²) in [6.45, 7) is 4.04. The lowest BCUT2D eigenvalue weighted by Crippen LogP contribution is -2.30. The van der Waals surface area contributed by atoms with Crippen molar-refractivity contribution in [1.29, 1.82) is 0 Å². The molecule has 2 N–H and O–H groups in total. The summed E-state index contributed by atoms with van der Waals surface area (Å²) in [5.41, 5.74) is 2.75. The highest BCUT2D eigenvalue weighted by atomic mass is 32.2. The lowest BCUT2D eigenvalue weighted by molar-refractivity contribution is -0.119. The van der Waals surface area contributed by atoms with Gasteiger partial charge in [-0.3, -0.25) is 9.35 Å². The van der Waals surface area contributed by atoms with E-state index < -0.39 is 26.0 Å². The molecule has 3 rings (SSSR count). The van der Waals surface area contributed by atoms with Gasteiger partial charge in [0.15, 0.2) is 0 Å². The first-order chi connectivity index (χ1) is 15.0. The van der Waals surface area contributed by atoms with Gasteiger partial charge in [0, 0.05) is 12.0 Å². The predicted octanol–water partition coefficient (Wildman–Crippen LogP) is 3.99. The van der Waals surface area contributed by atoms with Gasteiger partial charge in [-0.15, -0.1) is 0 Å². The Morgan fingerprint density at radius 1 is 0.938 bits per heavy atom. The monoisotopic (exact) mass is 475 g/mol. The lowest BCUT2D eigenvalue weighted by atomic mass is 10.0. The van der Waals surface area contributed by atoms with E-state index in [4.69, 9.17) is 0 Å². The van der Waals surface area contributed by atoms with E-state index >= 15 is 0 Å². The number of carbonyl (C=O) groups excluding carboxylic acids is 1. The smallest absolute Gasteiger partial charge is 0.282 e. The average Bonchev–Trinajstić information content (AvgIpc) is 2.91. The maximum atomic E-state index is 12.3. The van der Waals surface area contributed by atoms with Crippen molar-refractivity contribution in [2.75, 3.05) is 0 Å². The fourth-order valence-electron chi connectivity index (χ4n) is 3.51. The minimum atomic E-state index is -4.43. The molecule has 0 heterocycles. The molecule has 0 bridgehead atoms. The van der Waals surface area contributed by atoms with Crippen molar-refractivity contribution in [2.24, 2.45) is 0 Å². The second-order valence-corrected chi connectivity index (χ2v) is 10.9. The molecule has 0 atom stereocenters. The zero-order valence-electron chi connectivity index (χ0n) is 17.8. The molecule has 0 spiro atoms. The van der Waals surface area contributed by atoms with Crippen LogP contribution in [0.4, 0.5) is 0 Å². The molecule has 0 aromatic heterocycles. The van der Waals surface area contributed by atoms with Crippen LogP contribution in [-0.2, 0) is 31.4 Å². The zero-order chi connectivity index (χ0) is 23.5. The molecule has 170 valence electrons. The maximum Gasteiger partial charge on any atom is 0.295 e. The molecule has 7 nitrogen and oxygen atoms in total. The highest BCUT2D eigenvalue weighted by Crippen LogP contribution is 2.36. The second-order valence-electron chi connectivity index (χ2n) is 7.85. The zero-order valence-corrected chi connectivity index (χ0v) is 19.4. The fourth-order valence-corrected chi connectivity index (χ4v) is 5.29. The van der Waals surface area contributed by atoms with E-state index in [-0.39, 0.29) is 22.1 Å². The SMILES string of the molecule is CC(C)c1ccc2c(CCCC(=O)NS(=O)(=O)c3ccccc3)cc(S(=O)(=O)O)c-2cc1. The number of hydrogen-bond donors (Lipinski definition) is 2. The topological polar surface area (TPSA) is 118 Å². The summed E-state index contributed by atoms with van der Waals surface area (Å²) in [5, 5.41) is 0. The lowest BCUT2D eigenvalue weighted by Gasteiger charge is -2.07. The molecule has 0 saturated heterocycles. The van der Waals surface area contributed by atoms with Crippen LogP contribution in [0.25, 0.3) is 11.1 Å². The summed E-state index contributed by atoms with van der Waals surface area (Å²) in [6.07, 6.45) is 0.581. The van der Waals surface area contributed by atoms with E-state index in [1.807, 2.05) is 36.8 Å². The van der Waals surface area contributed by atoms with Crippen molar-refractivity contribution < 1.29 is 26.2 Å². The summed E-state index contributed by atoms with van der Waals surface area (Å²) in [5.74, 6) is -0.410. The molecular weight excluding hydrogens is 450 g/mol. The van der Waals surface area contributed by atoms with Gasteiger partial charge in [0.05, 0.1) is 4.90 Å². The van der Waals surface area contributed by atoms with Crippen LogP contribution in [0.3, 0.4) is 0 Å². The van der Waals surface area contributed by atoms with Crippen molar-refractivity contribution in [3.8, 4) is 11.1 Å². The standard InChI is InChI=1S/C23H25NO6S2/c1-16(2)17-11-13-20-18(15-22(32(28,29)30)21(20)14-12-17)7-6-10-23(25)24-31(26,27)19-8-4-3-5-9-19/h3-5,8-9,11-16H,6-7,10H2,1-2H3,(H,24,25)(H,28,29,30). The molecule has 0 unspecified atom stereocenters. The van der Waals surface area contributed by atoms with Crippen LogP contribution < -0.4 is 4.72 Å². The second kappa shape index (κ2) is 9.40. The van der Waals surface area contributed by atoms with Gasteiger partial charge in [-0.1, -0.05) is 56.3 Å². The van der Waals surface area contributed by atoms with Gasteiger partial charge < -0.3 is 0 Å². The third-order valence-corrected chi connectivity index (χ3v) is 7.47. The number of carbonyl (C=O) groups is 1. The Morgan fingerprint density at radius 2 is 1.56 bits per heavy atom. The number of hydrogen-bond acceptors (Lipinski definition) is 5. The number of fused-ring (bicyclic) bond motifs is 1. The molecule has 2 aliphatic rings. The van der Waals surface area contributed by atoms with Gasteiger partial charge in [-0.25, -0.2) is 13.1 Å². The predicted molar refractivity (Wildman–Crippen MR) is 122 cm³/mol. The van der Waals surface area contributed by atoms with Crippen LogP contribution in [-0.4, -0.2) is 27.3 Å². The van der Waals surface area contributed by atoms with Crippen molar-refractivity contribution in [1.82, 2.24) is 4.72 Å². The Bertz CT molecular complexity index is 1300. The summed E-state index contributed by atoms with van der Waals surface area (Å²) < 4.78 is 60.0. The number of aryl methyl sites for hydroxylation is 1. The average molecular weight is 476 g/mol. The van der Waals surface area contributed by atoms with Gasteiger partial charge >= 0.3 is 0 Å². The quantitative estimate of drug-likeness (QED) is 0.476. The number of benzene rings is 1.